The Kier molecular flexibility index (Phi) is 5.41. The van der Waals surface area contributed by atoms with Crippen LogP contribution in [-0.2, 0) is 0 Å². The van der Waals surface area contributed by atoms with Crippen molar-refractivity contribution in [3.05, 3.63) is 48.2 Å². The highest BCUT2D eigenvalue weighted by atomic mass is 19.1. The summed E-state index contributed by atoms with van der Waals surface area (Å²) in [6.45, 7) is 4.82. The van der Waals surface area contributed by atoms with Gasteiger partial charge in [-0.3, -0.25) is 4.79 Å². The summed E-state index contributed by atoms with van der Waals surface area (Å²) in [5.74, 6) is 0.491. The first-order valence-corrected chi connectivity index (χ1v) is 7.17. The Balaban J connectivity index is 1.92. The molecule has 0 bridgehead atoms. The second kappa shape index (κ2) is 7.49. The fourth-order valence-electron chi connectivity index (χ4n) is 1.76. The number of anilines is 2. The van der Waals surface area contributed by atoms with Gasteiger partial charge in [0, 0.05) is 12.2 Å². The number of hydrogen-bond donors (Lipinski definition) is 2. The van der Waals surface area contributed by atoms with Crippen molar-refractivity contribution in [2.45, 2.75) is 20.3 Å². The Hall–Kier alpha value is -2.50. The van der Waals surface area contributed by atoms with Gasteiger partial charge in [0.2, 0.25) is 0 Å². The zero-order valence-electron chi connectivity index (χ0n) is 12.6. The zero-order valence-corrected chi connectivity index (χ0v) is 12.6. The van der Waals surface area contributed by atoms with Gasteiger partial charge in [0.05, 0.1) is 12.4 Å². The second-order valence-electron chi connectivity index (χ2n) is 5.36. The number of hydrogen-bond acceptors (Lipinski definition) is 4. The molecule has 0 spiro atoms. The molecule has 0 atom stereocenters. The first-order chi connectivity index (χ1) is 10.5. The van der Waals surface area contributed by atoms with Crippen LogP contribution in [0.15, 0.2) is 36.7 Å². The number of aromatic nitrogens is 2. The summed E-state index contributed by atoms with van der Waals surface area (Å²) < 4.78 is 12.8. The van der Waals surface area contributed by atoms with Crippen LogP contribution in [0, 0.1) is 11.7 Å². The van der Waals surface area contributed by atoms with Crippen LogP contribution in [0.5, 0.6) is 0 Å². The predicted octanol–water partition coefficient (Wildman–Crippen LogP) is 3.14. The van der Waals surface area contributed by atoms with E-state index >= 15 is 0 Å². The van der Waals surface area contributed by atoms with E-state index in [1.54, 1.807) is 12.1 Å². The fraction of sp³-hybridized carbons (Fsp3) is 0.312. The van der Waals surface area contributed by atoms with Crippen LogP contribution in [0.25, 0.3) is 0 Å². The van der Waals surface area contributed by atoms with E-state index in [1.807, 2.05) is 0 Å². The molecular weight excluding hydrogens is 283 g/mol. The predicted molar refractivity (Wildman–Crippen MR) is 83.5 cm³/mol. The third kappa shape index (κ3) is 4.80. The summed E-state index contributed by atoms with van der Waals surface area (Å²) in [5.41, 5.74) is 0.971. The van der Waals surface area contributed by atoms with Crippen molar-refractivity contribution in [1.82, 2.24) is 15.3 Å². The van der Waals surface area contributed by atoms with E-state index < -0.39 is 0 Å². The van der Waals surface area contributed by atoms with Crippen molar-refractivity contribution < 1.29 is 9.18 Å². The molecule has 2 rings (SSSR count). The molecule has 1 heterocycles. The van der Waals surface area contributed by atoms with Gasteiger partial charge in [-0.25, -0.2) is 14.4 Å². The van der Waals surface area contributed by atoms with Gasteiger partial charge < -0.3 is 10.6 Å². The molecule has 0 saturated heterocycles. The van der Waals surface area contributed by atoms with Crippen LogP contribution >= 0.6 is 0 Å². The van der Waals surface area contributed by atoms with Crippen LogP contribution < -0.4 is 10.6 Å². The fourth-order valence-corrected chi connectivity index (χ4v) is 1.76. The van der Waals surface area contributed by atoms with Gasteiger partial charge in [-0.1, -0.05) is 13.8 Å². The van der Waals surface area contributed by atoms with Gasteiger partial charge in [-0.15, -0.1) is 0 Å². The van der Waals surface area contributed by atoms with Crippen LogP contribution in [0.2, 0.25) is 0 Å². The van der Waals surface area contributed by atoms with Crippen LogP contribution in [0.3, 0.4) is 0 Å². The first-order valence-electron chi connectivity index (χ1n) is 7.17. The molecule has 116 valence electrons. The molecule has 0 unspecified atom stereocenters. The number of nitrogens with zero attached hydrogens (tertiary/aromatic N) is 2. The lowest BCUT2D eigenvalue weighted by molar-refractivity contribution is 0.0946. The van der Waals surface area contributed by atoms with E-state index in [2.05, 4.69) is 34.4 Å². The molecule has 2 N–H and O–H groups in total. The molecular formula is C16H19FN4O. The van der Waals surface area contributed by atoms with Gasteiger partial charge in [-0.05, 0) is 36.6 Å². The Morgan fingerprint density at radius 1 is 1.18 bits per heavy atom. The molecule has 6 heteroatoms. The van der Waals surface area contributed by atoms with E-state index in [1.165, 1.54) is 24.5 Å². The SMILES string of the molecule is CC(C)CCNC(=O)c1cnc(Nc2ccc(F)cc2)cn1. The highest BCUT2D eigenvalue weighted by molar-refractivity contribution is 5.92. The maximum Gasteiger partial charge on any atom is 0.271 e. The Morgan fingerprint density at radius 2 is 1.91 bits per heavy atom. The molecule has 2 aromatic rings. The highest BCUT2D eigenvalue weighted by Crippen LogP contribution is 2.13. The molecule has 1 aromatic heterocycles. The van der Waals surface area contributed by atoms with Gasteiger partial charge in [-0.2, -0.15) is 0 Å². The summed E-state index contributed by atoms with van der Waals surface area (Å²) in [6.07, 6.45) is 3.81. The first kappa shape index (κ1) is 15.9. The topological polar surface area (TPSA) is 66.9 Å². The molecule has 0 fully saturated rings. The van der Waals surface area contributed by atoms with Crippen LogP contribution in [-0.4, -0.2) is 22.4 Å². The number of benzene rings is 1. The minimum Gasteiger partial charge on any atom is -0.351 e. The minimum atomic E-state index is -0.301. The second-order valence-corrected chi connectivity index (χ2v) is 5.36. The van der Waals surface area contributed by atoms with Crippen LogP contribution in [0.1, 0.15) is 30.8 Å². The van der Waals surface area contributed by atoms with Gasteiger partial charge >= 0.3 is 0 Å². The number of rotatable bonds is 6. The number of carbonyl (C=O) groups excluding carboxylic acids is 1. The van der Waals surface area contributed by atoms with E-state index in [0.717, 1.165) is 6.42 Å². The molecule has 0 aliphatic rings. The van der Waals surface area contributed by atoms with E-state index in [4.69, 9.17) is 0 Å². The Morgan fingerprint density at radius 3 is 2.50 bits per heavy atom. The largest absolute Gasteiger partial charge is 0.351 e. The van der Waals surface area contributed by atoms with Crippen molar-refractivity contribution in [2.24, 2.45) is 5.92 Å². The van der Waals surface area contributed by atoms with Crippen molar-refractivity contribution in [1.29, 1.82) is 0 Å². The molecule has 1 aromatic carbocycles. The number of carbonyl (C=O) groups is 1. The highest BCUT2D eigenvalue weighted by Gasteiger charge is 2.08. The van der Waals surface area contributed by atoms with Crippen molar-refractivity contribution >= 4 is 17.4 Å². The lowest BCUT2D eigenvalue weighted by atomic mass is 10.1. The Labute approximate surface area is 129 Å². The van der Waals surface area contributed by atoms with Gasteiger partial charge in [0.1, 0.15) is 17.3 Å². The van der Waals surface area contributed by atoms with E-state index in [9.17, 15) is 9.18 Å². The standard InChI is InChI=1S/C16H19FN4O/c1-11(2)7-8-18-16(22)14-9-20-15(10-19-14)21-13-5-3-12(17)4-6-13/h3-6,9-11H,7-8H2,1-2H3,(H,18,22)(H,20,21). The Bertz CT molecular complexity index is 611. The smallest absolute Gasteiger partial charge is 0.271 e. The molecule has 0 aliphatic carbocycles. The van der Waals surface area contributed by atoms with Crippen LogP contribution in [0.4, 0.5) is 15.9 Å². The average molecular weight is 302 g/mol. The van der Waals surface area contributed by atoms with Crippen molar-refractivity contribution in [2.75, 3.05) is 11.9 Å². The summed E-state index contributed by atoms with van der Waals surface area (Å²) in [4.78, 5) is 20.1. The average Bonchev–Trinajstić information content (AvgIpc) is 2.50. The third-order valence-corrected chi connectivity index (χ3v) is 3.01. The van der Waals surface area contributed by atoms with Crippen molar-refractivity contribution in [3.63, 3.8) is 0 Å². The molecule has 0 saturated carbocycles. The normalized spacial score (nSPS) is 10.5. The number of nitrogens with one attached hydrogen (secondary N) is 2. The van der Waals surface area contributed by atoms with E-state index in [-0.39, 0.29) is 17.4 Å². The summed E-state index contributed by atoms with van der Waals surface area (Å²) >= 11 is 0. The lowest BCUT2D eigenvalue weighted by Gasteiger charge is -2.08. The maximum atomic E-state index is 12.8. The summed E-state index contributed by atoms with van der Waals surface area (Å²) in [6, 6.07) is 5.91. The van der Waals surface area contributed by atoms with Crippen molar-refractivity contribution in [3.8, 4) is 0 Å². The molecule has 5 nitrogen and oxygen atoms in total. The van der Waals surface area contributed by atoms with E-state index in [0.29, 0.717) is 24.0 Å². The molecule has 0 aliphatic heterocycles. The monoisotopic (exact) mass is 302 g/mol. The van der Waals surface area contributed by atoms with Gasteiger partial charge in [0.15, 0.2) is 0 Å². The third-order valence-electron chi connectivity index (χ3n) is 3.01. The summed E-state index contributed by atoms with van der Waals surface area (Å²) in [7, 11) is 0. The lowest BCUT2D eigenvalue weighted by Crippen LogP contribution is -2.26. The van der Waals surface area contributed by atoms with Gasteiger partial charge in [0.25, 0.3) is 5.91 Å². The number of halogens is 1. The quantitative estimate of drug-likeness (QED) is 0.860. The zero-order chi connectivity index (χ0) is 15.9. The molecule has 1 amide bonds. The number of amides is 1. The molecule has 0 radical (unpaired) electrons. The minimum absolute atomic E-state index is 0.235. The maximum absolute atomic E-state index is 12.8. The molecule has 22 heavy (non-hydrogen) atoms. The summed E-state index contributed by atoms with van der Waals surface area (Å²) in [5, 5.41) is 5.79.